The molecule has 1 amide bonds. The molecule has 1 aromatic carbocycles. The van der Waals surface area contributed by atoms with Gasteiger partial charge >= 0.3 is 0 Å². The molecule has 0 bridgehead atoms. The van der Waals surface area contributed by atoms with E-state index in [-0.39, 0.29) is 12.0 Å². The number of hydrogen-bond acceptors (Lipinski definition) is 5. The molecule has 0 fully saturated rings. The number of furan rings is 1. The fourth-order valence-corrected chi connectivity index (χ4v) is 1.90. The summed E-state index contributed by atoms with van der Waals surface area (Å²) in [4.78, 5) is 12.2. The molecule has 0 atom stereocenters. The molecule has 0 unspecified atom stereocenters. The van der Waals surface area contributed by atoms with Crippen molar-refractivity contribution in [1.82, 2.24) is 5.43 Å². The van der Waals surface area contributed by atoms with E-state index < -0.39 is 0 Å². The van der Waals surface area contributed by atoms with E-state index in [4.69, 9.17) is 13.9 Å². The molecule has 0 aliphatic carbocycles. The van der Waals surface area contributed by atoms with Crippen LogP contribution in [0.5, 0.6) is 11.5 Å². The Kier molecular flexibility index (Phi) is 5.41. The van der Waals surface area contributed by atoms with Gasteiger partial charge in [0.05, 0.1) is 19.5 Å². The Morgan fingerprint density at radius 3 is 2.65 bits per heavy atom. The van der Waals surface area contributed by atoms with Gasteiger partial charge in [-0.1, -0.05) is 0 Å². The summed E-state index contributed by atoms with van der Waals surface area (Å²) in [5, 5.41) is 4.02. The number of nitrogens with zero attached hydrogens (tertiary/aromatic N) is 1. The number of amides is 1. The van der Waals surface area contributed by atoms with E-state index >= 15 is 0 Å². The molecule has 122 valence electrons. The molecule has 0 aliphatic heterocycles. The van der Waals surface area contributed by atoms with E-state index in [1.807, 2.05) is 13.8 Å². The number of methoxy groups -OCH3 is 1. The normalized spacial score (nSPS) is 11.4. The summed E-state index contributed by atoms with van der Waals surface area (Å²) in [6, 6.07) is 8.51. The molecule has 6 nitrogen and oxygen atoms in total. The lowest BCUT2D eigenvalue weighted by atomic mass is 10.2. The summed E-state index contributed by atoms with van der Waals surface area (Å²) in [7, 11) is 1.53. The molecule has 6 heteroatoms. The summed E-state index contributed by atoms with van der Waals surface area (Å²) < 4.78 is 16.1. The van der Waals surface area contributed by atoms with Gasteiger partial charge in [0, 0.05) is 5.56 Å². The van der Waals surface area contributed by atoms with Crippen LogP contribution in [-0.2, 0) is 0 Å². The highest BCUT2D eigenvalue weighted by molar-refractivity contribution is 5.99. The lowest BCUT2D eigenvalue weighted by Gasteiger charge is -2.14. The minimum Gasteiger partial charge on any atom is -0.493 e. The maximum absolute atomic E-state index is 12.2. The Morgan fingerprint density at radius 1 is 1.26 bits per heavy atom. The SMILES string of the molecule is COc1cc(C(=O)N/N=C(/C)c2ccco2)ccc1OC(C)C. The third-order valence-electron chi connectivity index (χ3n) is 2.99. The largest absolute Gasteiger partial charge is 0.493 e. The van der Waals surface area contributed by atoms with Crippen molar-refractivity contribution in [3.63, 3.8) is 0 Å². The number of carbonyl (C=O) groups excluding carboxylic acids is 1. The maximum atomic E-state index is 12.2. The molecule has 0 aliphatic rings. The zero-order valence-corrected chi connectivity index (χ0v) is 13.6. The van der Waals surface area contributed by atoms with Gasteiger partial charge in [0.25, 0.3) is 5.91 Å². The molecule has 23 heavy (non-hydrogen) atoms. The average Bonchev–Trinajstić information content (AvgIpc) is 3.06. The second-order valence-electron chi connectivity index (χ2n) is 5.15. The fourth-order valence-electron chi connectivity index (χ4n) is 1.90. The predicted octanol–water partition coefficient (Wildman–Crippen LogP) is 3.23. The van der Waals surface area contributed by atoms with Crippen molar-refractivity contribution >= 4 is 11.6 Å². The van der Waals surface area contributed by atoms with Crippen molar-refractivity contribution in [2.75, 3.05) is 7.11 Å². The number of nitrogens with one attached hydrogen (secondary N) is 1. The summed E-state index contributed by atoms with van der Waals surface area (Å²) in [5.74, 6) is 1.35. The van der Waals surface area contributed by atoms with Gasteiger partial charge in [0.2, 0.25) is 0 Å². The van der Waals surface area contributed by atoms with Crippen molar-refractivity contribution < 1.29 is 18.7 Å². The lowest BCUT2D eigenvalue weighted by molar-refractivity contribution is 0.0954. The van der Waals surface area contributed by atoms with Gasteiger partial charge in [0.1, 0.15) is 11.5 Å². The molecule has 0 radical (unpaired) electrons. The fraction of sp³-hybridized carbons (Fsp3) is 0.294. The highest BCUT2D eigenvalue weighted by Gasteiger charge is 2.12. The van der Waals surface area contributed by atoms with Gasteiger partial charge in [-0.2, -0.15) is 5.10 Å². The smallest absolute Gasteiger partial charge is 0.271 e. The Balaban J connectivity index is 2.12. The van der Waals surface area contributed by atoms with Crippen molar-refractivity contribution in [3.05, 3.63) is 47.9 Å². The molecular weight excluding hydrogens is 296 g/mol. The van der Waals surface area contributed by atoms with Crippen LogP contribution in [0.25, 0.3) is 0 Å². The Morgan fingerprint density at radius 2 is 2.04 bits per heavy atom. The molecular formula is C17H20N2O4. The molecule has 0 spiro atoms. The Labute approximate surface area is 135 Å². The third kappa shape index (κ3) is 4.35. The first-order valence-corrected chi connectivity index (χ1v) is 7.24. The van der Waals surface area contributed by atoms with Crippen LogP contribution in [0.1, 0.15) is 36.9 Å². The van der Waals surface area contributed by atoms with Crippen molar-refractivity contribution in [2.45, 2.75) is 26.9 Å². The third-order valence-corrected chi connectivity index (χ3v) is 2.99. The molecule has 2 rings (SSSR count). The first-order chi connectivity index (χ1) is 11.0. The molecule has 1 aromatic heterocycles. The van der Waals surface area contributed by atoms with E-state index in [1.165, 1.54) is 7.11 Å². The first kappa shape index (κ1) is 16.6. The number of ether oxygens (including phenoxy) is 2. The van der Waals surface area contributed by atoms with Gasteiger partial charge < -0.3 is 13.9 Å². The van der Waals surface area contributed by atoms with Crippen molar-refractivity contribution in [2.24, 2.45) is 5.10 Å². The average molecular weight is 316 g/mol. The van der Waals surface area contributed by atoms with Crippen LogP contribution < -0.4 is 14.9 Å². The van der Waals surface area contributed by atoms with Crippen LogP contribution in [-0.4, -0.2) is 24.8 Å². The monoisotopic (exact) mass is 316 g/mol. The molecule has 1 heterocycles. The Hall–Kier alpha value is -2.76. The van der Waals surface area contributed by atoms with Gasteiger partial charge in [-0.25, -0.2) is 5.43 Å². The number of rotatable bonds is 6. The molecule has 2 aromatic rings. The van der Waals surface area contributed by atoms with Crippen molar-refractivity contribution in [3.8, 4) is 11.5 Å². The number of hydrogen-bond donors (Lipinski definition) is 1. The number of benzene rings is 1. The van der Waals surface area contributed by atoms with Gasteiger partial charge in [-0.15, -0.1) is 0 Å². The van der Waals surface area contributed by atoms with Crippen molar-refractivity contribution in [1.29, 1.82) is 0 Å². The van der Waals surface area contributed by atoms with E-state index in [1.54, 1.807) is 43.5 Å². The van der Waals surface area contributed by atoms with E-state index in [2.05, 4.69) is 10.5 Å². The van der Waals surface area contributed by atoms with Crippen LogP contribution in [0, 0.1) is 0 Å². The van der Waals surface area contributed by atoms with Crippen LogP contribution in [0.3, 0.4) is 0 Å². The molecule has 1 N–H and O–H groups in total. The summed E-state index contributed by atoms with van der Waals surface area (Å²) in [5.41, 5.74) is 3.49. The van der Waals surface area contributed by atoms with Crippen LogP contribution >= 0.6 is 0 Å². The second kappa shape index (κ2) is 7.49. The number of carbonyl (C=O) groups is 1. The minimum absolute atomic E-state index is 0.0177. The standard InChI is InChI=1S/C17H20N2O4/c1-11(2)23-15-8-7-13(10-16(15)21-4)17(20)19-18-12(3)14-6-5-9-22-14/h5-11H,1-4H3,(H,19,20)/b18-12-. The van der Waals surface area contributed by atoms with Gasteiger partial charge in [-0.05, 0) is 51.1 Å². The van der Waals surface area contributed by atoms with Crippen LogP contribution in [0.4, 0.5) is 0 Å². The second-order valence-corrected chi connectivity index (χ2v) is 5.15. The van der Waals surface area contributed by atoms with E-state index in [0.717, 1.165) is 0 Å². The summed E-state index contributed by atoms with van der Waals surface area (Å²) in [6.45, 7) is 5.59. The van der Waals surface area contributed by atoms with Crippen LogP contribution in [0.15, 0.2) is 46.1 Å². The van der Waals surface area contributed by atoms with Gasteiger partial charge in [0.15, 0.2) is 11.5 Å². The zero-order valence-electron chi connectivity index (χ0n) is 13.6. The number of hydrazone groups is 1. The molecule has 0 saturated carbocycles. The highest BCUT2D eigenvalue weighted by Crippen LogP contribution is 2.28. The Bertz CT molecular complexity index is 691. The van der Waals surface area contributed by atoms with E-state index in [9.17, 15) is 4.79 Å². The summed E-state index contributed by atoms with van der Waals surface area (Å²) >= 11 is 0. The topological polar surface area (TPSA) is 73.1 Å². The predicted molar refractivity (Wildman–Crippen MR) is 87.1 cm³/mol. The molecule has 0 saturated heterocycles. The minimum atomic E-state index is -0.342. The quantitative estimate of drug-likeness (QED) is 0.656. The lowest BCUT2D eigenvalue weighted by Crippen LogP contribution is -2.19. The first-order valence-electron chi connectivity index (χ1n) is 7.24. The zero-order chi connectivity index (χ0) is 16.8. The maximum Gasteiger partial charge on any atom is 0.271 e. The highest BCUT2D eigenvalue weighted by atomic mass is 16.5. The summed E-state index contributed by atoms with van der Waals surface area (Å²) in [6.07, 6.45) is 1.57. The van der Waals surface area contributed by atoms with Crippen LogP contribution in [0.2, 0.25) is 0 Å². The van der Waals surface area contributed by atoms with Gasteiger partial charge in [-0.3, -0.25) is 4.79 Å². The van der Waals surface area contributed by atoms with E-state index in [0.29, 0.717) is 28.5 Å².